The Bertz CT molecular complexity index is 349. The fourth-order valence-electron chi connectivity index (χ4n) is 2.72. The van der Waals surface area contributed by atoms with E-state index in [1.165, 1.54) is 76.2 Å². The predicted octanol–water partition coefficient (Wildman–Crippen LogP) is 5.52. The van der Waals surface area contributed by atoms with Crippen LogP contribution in [0.3, 0.4) is 0 Å². The van der Waals surface area contributed by atoms with E-state index < -0.39 is 0 Å². The van der Waals surface area contributed by atoms with Crippen LogP contribution in [0.2, 0.25) is 0 Å². The molecule has 0 amide bonds. The maximum Gasteiger partial charge on any atom is 0.0662 e. The van der Waals surface area contributed by atoms with Gasteiger partial charge in [-0.25, -0.2) is 0 Å². The molecule has 0 saturated heterocycles. The van der Waals surface area contributed by atoms with E-state index in [-0.39, 0.29) is 0 Å². The van der Waals surface area contributed by atoms with E-state index in [2.05, 4.69) is 25.1 Å². The molecule has 3 heteroatoms. The van der Waals surface area contributed by atoms with Gasteiger partial charge in [0, 0.05) is 12.8 Å². The highest BCUT2D eigenvalue weighted by Gasteiger charge is 1.95. The molecule has 0 aliphatic heterocycles. The normalized spacial score (nSPS) is 11.2. The Kier molecular flexibility index (Phi) is 12.1. The Labute approximate surface area is 137 Å². The summed E-state index contributed by atoms with van der Waals surface area (Å²) in [7, 11) is 0. The van der Waals surface area contributed by atoms with Gasteiger partial charge in [0.25, 0.3) is 0 Å². The van der Waals surface area contributed by atoms with Crippen LogP contribution in [0.1, 0.15) is 83.1 Å². The first-order valence-corrected chi connectivity index (χ1v) is 9.39. The van der Waals surface area contributed by atoms with Crippen molar-refractivity contribution >= 4 is 0 Å². The molecule has 0 saturated carbocycles. The Morgan fingerprint density at radius 2 is 1.45 bits per heavy atom. The van der Waals surface area contributed by atoms with Crippen LogP contribution in [0.15, 0.2) is 12.4 Å². The smallest absolute Gasteiger partial charge is 0.0662 e. The zero-order chi connectivity index (χ0) is 15.9. The highest BCUT2D eigenvalue weighted by Crippen LogP contribution is 2.11. The van der Waals surface area contributed by atoms with Gasteiger partial charge in [-0.05, 0) is 18.9 Å². The van der Waals surface area contributed by atoms with Gasteiger partial charge < -0.3 is 4.74 Å². The molecule has 0 unspecified atom stereocenters. The molecular weight excluding hydrogens is 272 g/mol. The lowest BCUT2D eigenvalue weighted by atomic mass is 10.1. The number of rotatable bonds is 15. The second-order valence-electron chi connectivity index (χ2n) is 6.43. The SMILES string of the molecule is CCCCCCCCCCCCCOCCn1cc(C)cn1. The van der Waals surface area contributed by atoms with E-state index >= 15 is 0 Å². The molecule has 0 atom stereocenters. The molecule has 0 bridgehead atoms. The van der Waals surface area contributed by atoms with Crippen LogP contribution in [0.25, 0.3) is 0 Å². The first kappa shape index (κ1) is 19.2. The van der Waals surface area contributed by atoms with Crippen molar-refractivity contribution in [2.75, 3.05) is 13.2 Å². The third kappa shape index (κ3) is 10.8. The van der Waals surface area contributed by atoms with E-state index in [4.69, 9.17) is 4.74 Å². The van der Waals surface area contributed by atoms with E-state index in [1.807, 2.05) is 10.9 Å². The van der Waals surface area contributed by atoms with Gasteiger partial charge >= 0.3 is 0 Å². The highest BCUT2D eigenvalue weighted by molar-refractivity contribution is 4.99. The van der Waals surface area contributed by atoms with Gasteiger partial charge in [-0.3, -0.25) is 4.68 Å². The van der Waals surface area contributed by atoms with Crippen LogP contribution in [0.4, 0.5) is 0 Å². The van der Waals surface area contributed by atoms with Crippen molar-refractivity contribution in [1.82, 2.24) is 9.78 Å². The maximum absolute atomic E-state index is 5.67. The highest BCUT2D eigenvalue weighted by atomic mass is 16.5. The van der Waals surface area contributed by atoms with Crippen LogP contribution < -0.4 is 0 Å². The van der Waals surface area contributed by atoms with Crippen LogP contribution in [-0.4, -0.2) is 23.0 Å². The zero-order valence-corrected chi connectivity index (χ0v) is 14.9. The molecule has 1 heterocycles. The maximum atomic E-state index is 5.67. The number of aryl methyl sites for hydroxylation is 1. The van der Waals surface area contributed by atoms with E-state index in [0.717, 1.165) is 19.8 Å². The Hall–Kier alpha value is -0.830. The average molecular weight is 309 g/mol. The fourth-order valence-corrected chi connectivity index (χ4v) is 2.72. The van der Waals surface area contributed by atoms with E-state index in [9.17, 15) is 0 Å². The quantitative estimate of drug-likeness (QED) is 0.399. The van der Waals surface area contributed by atoms with Gasteiger partial charge in [-0.2, -0.15) is 5.10 Å². The minimum atomic E-state index is 0.777. The lowest BCUT2D eigenvalue weighted by Crippen LogP contribution is -2.07. The van der Waals surface area contributed by atoms with Crippen molar-refractivity contribution in [2.24, 2.45) is 0 Å². The molecule has 128 valence electrons. The average Bonchev–Trinajstić information content (AvgIpc) is 2.93. The largest absolute Gasteiger partial charge is 0.380 e. The second kappa shape index (κ2) is 13.8. The van der Waals surface area contributed by atoms with Crippen molar-refractivity contribution in [3.05, 3.63) is 18.0 Å². The fraction of sp³-hybridized carbons (Fsp3) is 0.842. The summed E-state index contributed by atoms with van der Waals surface area (Å²) in [6.07, 6.45) is 19.2. The molecule has 0 aromatic carbocycles. The van der Waals surface area contributed by atoms with Gasteiger partial charge in [0.2, 0.25) is 0 Å². The predicted molar refractivity (Wildman–Crippen MR) is 94.2 cm³/mol. The minimum absolute atomic E-state index is 0.777. The summed E-state index contributed by atoms with van der Waals surface area (Å²) in [5.41, 5.74) is 1.21. The summed E-state index contributed by atoms with van der Waals surface area (Å²) in [5, 5.41) is 4.25. The van der Waals surface area contributed by atoms with Crippen LogP contribution in [-0.2, 0) is 11.3 Å². The second-order valence-corrected chi connectivity index (χ2v) is 6.43. The van der Waals surface area contributed by atoms with Crippen molar-refractivity contribution in [2.45, 2.75) is 91.0 Å². The Balaban J connectivity index is 1.73. The van der Waals surface area contributed by atoms with Gasteiger partial charge in [-0.15, -0.1) is 0 Å². The number of hydrogen-bond acceptors (Lipinski definition) is 2. The number of aromatic nitrogens is 2. The van der Waals surface area contributed by atoms with Crippen molar-refractivity contribution in [3.8, 4) is 0 Å². The van der Waals surface area contributed by atoms with E-state index in [1.54, 1.807) is 0 Å². The first-order chi connectivity index (χ1) is 10.8. The lowest BCUT2D eigenvalue weighted by molar-refractivity contribution is 0.120. The summed E-state index contributed by atoms with van der Waals surface area (Å²) in [6.45, 7) is 6.89. The summed E-state index contributed by atoms with van der Waals surface area (Å²) in [4.78, 5) is 0. The van der Waals surface area contributed by atoms with Crippen molar-refractivity contribution in [3.63, 3.8) is 0 Å². The number of ether oxygens (including phenoxy) is 1. The monoisotopic (exact) mass is 308 g/mol. The molecule has 0 radical (unpaired) electrons. The summed E-state index contributed by atoms with van der Waals surface area (Å²) < 4.78 is 7.62. The summed E-state index contributed by atoms with van der Waals surface area (Å²) in [5.74, 6) is 0. The summed E-state index contributed by atoms with van der Waals surface area (Å²) in [6, 6.07) is 0. The minimum Gasteiger partial charge on any atom is -0.380 e. The molecule has 3 nitrogen and oxygen atoms in total. The Morgan fingerprint density at radius 3 is 2.00 bits per heavy atom. The number of unbranched alkanes of at least 4 members (excludes halogenated alkanes) is 10. The molecule has 0 aliphatic rings. The van der Waals surface area contributed by atoms with Gasteiger partial charge in [-0.1, -0.05) is 71.1 Å². The molecule has 22 heavy (non-hydrogen) atoms. The van der Waals surface area contributed by atoms with Gasteiger partial charge in [0.05, 0.1) is 19.3 Å². The molecule has 0 spiro atoms. The third-order valence-electron chi connectivity index (χ3n) is 4.12. The topological polar surface area (TPSA) is 27.1 Å². The van der Waals surface area contributed by atoms with Gasteiger partial charge in [0.1, 0.15) is 0 Å². The Morgan fingerprint density at radius 1 is 0.864 bits per heavy atom. The summed E-state index contributed by atoms with van der Waals surface area (Å²) >= 11 is 0. The van der Waals surface area contributed by atoms with Gasteiger partial charge in [0.15, 0.2) is 0 Å². The van der Waals surface area contributed by atoms with Crippen molar-refractivity contribution in [1.29, 1.82) is 0 Å². The molecule has 1 aromatic heterocycles. The lowest BCUT2D eigenvalue weighted by Gasteiger charge is -2.05. The van der Waals surface area contributed by atoms with E-state index in [0.29, 0.717) is 0 Å². The first-order valence-electron chi connectivity index (χ1n) is 9.39. The third-order valence-corrected chi connectivity index (χ3v) is 4.12. The van der Waals surface area contributed by atoms with Crippen molar-refractivity contribution < 1.29 is 4.74 Å². The standard InChI is InChI=1S/C19H36N2O/c1-3-4-5-6-7-8-9-10-11-12-13-15-22-16-14-21-18-19(2)17-20-21/h17-18H,3-16H2,1-2H3. The molecule has 0 aliphatic carbocycles. The molecule has 1 rings (SSSR count). The molecular formula is C19H36N2O. The number of hydrogen-bond donors (Lipinski definition) is 0. The number of nitrogens with zero attached hydrogens (tertiary/aromatic N) is 2. The van der Waals surface area contributed by atoms with Crippen LogP contribution in [0, 0.1) is 6.92 Å². The molecule has 0 fully saturated rings. The molecule has 1 aromatic rings. The van der Waals surface area contributed by atoms with Crippen LogP contribution >= 0.6 is 0 Å². The molecule has 0 N–H and O–H groups in total. The zero-order valence-electron chi connectivity index (χ0n) is 14.9. The van der Waals surface area contributed by atoms with Crippen LogP contribution in [0.5, 0.6) is 0 Å².